The van der Waals surface area contributed by atoms with Gasteiger partial charge in [0.2, 0.25) is 5.91 Å². The molecule has 1 aliphatic heterocycles. The average molecular weight is 426 g/mol. The molecular weight excluding hydrogens is 393 g/mol. The molecule has 1 amide bonds. The molecule has 0 aliphatic carbocycles. The van der Waals surface area contributed by atoms with Gasteiger partial charge in [0.15, 0.2) is 5.96 Å². The molecule has 0 aromatic heterocycles. The molecule has 31 heavy (non-hydrogen) atoms. The van der Waals surface area contributed by atoms with Crippen LogP contribution in [0.1, 0.15) is 36.5 Å². The van der Waals surface area contributed by atoms with E-state index in [9.17, 15) is 9.18 Å². The first kappa shape index (κ1) is 22.7. The molecule has 2 N–H and O–H groups in total. The predicted molar refractivity (Wildman–Crippen MR) is 123 cm³/mol. The quantitative estimate of drug-likeness (QED) is 0.503. The van der Waals surface area contributed by atoms with Crippen LogP contribution in [0.5, 0.6) is 0 Å². The second-order valence-electron chi connectivity index (χ2n) is 8.03. The van der Waals surface area contributed by atoms with Gasteiger partial charge in [0.1, 0.15) is 5.82 Å². The molecule has 3 rings (SSSR count). The highest BCUT2D eigenvalue weighted by atomic mass is 19.1. The Morgan fingerprint density at radius 1 is 1.13 bits per heavy atom. The van der Waals surface area contributed by atoms with Gasteiger partial charge < -0.3 is 20.4 Å². The van der Waals surface area contributed by atoms with Crippen molar-refractivity contribution in [2.24, 2.45) is 4.99 Å². The van der Waals surface area contributed by atoms with Crippen LogP contribution in [-0.4, -0.2) is 44.0 Å². The number of guanidine groups is 1. The van der Waals surface area contributed by atoms with Gasteiger partial charge in [0.25, 0.3) is 0 Å². The lowest BCUT2D eigenvalue weighted by Gasteiger charge is -2.16. The molecule has 0 bridgehead atoms. The minimum atomic E-state index is -0.189. The molecule has 7 heteroatoms. The van der Waals surface area contributed by atoms with Gasteiger partial charge >= 0.3 is 0 Å². The van der Waals surface area contributed by atoms with E-state index in [1.807, 2.05) is 61.2 Å². The molecule has 0 spiro atoms. The maximum atomic E-state index is 14.0. The fourth-order valence-corrected chi connectivity index (χ4v) is 3.60. The number of halogens is 1. The minimum absolute atomic E-state index is 0.189. The van der Waals surface area contributed by atoms with E-state index in [-0.39, 0.29) is 11.7 Å². The van der Waals surface area contributed by atoms with E-state index < -0.39 is 0 Å². The van der Waals surface area contributed by atoms with E-state index in [2.05, 4.69) is 15.6 Å². The molecule has 0 atom stereocenters. The summed E-state index contributed by atoms with van der Waals surface area (Å²) in [6.45, 7) is 5.21. The van der Waals surface area contributed by atoms with Crippen LogP contribution in [0.25, 0.3) is 0 Å². The van der Waals surface area contributed by atoms with E-state index in [4.69, 9.17) is 0 Å². The normalized spacial score (nSPS) is 14.4. The summed E-state index contributed by atoms with van der Waals surface area (Å²) in [5.41, 5.74) is 3.70. The Labute approximate surface area is 184 Å². The predicted octanol–water partition coefficient (Wildman–Crippen LogP) is 3.27. The van der Waals surface area contributed by atoms with Crippen molar-refractivity contribution in [1.29, 1.82) is 0 Å². The Hall–Kier alpha value is -2.93. The van der Waals surface area contributed by atoms with Gasteiger partial charge in [-0.25, -0.2) is 9.38 Å². The van der Waals surface area contributed by atoms with E-state index in [0.29, 0.717) is 37.6 Å². The van der Waals surface area contributed by atoms with Gasteiger partial charge in [0, 0.05) is 43.9 Å². The third-order valence-electron chi connectivity index (χ3n) is 5.14. The highest BCUT2D eigenvalue weighted by Gasteiger charge is 2.21. The monoisotopic (exact) mass is 425 g/mol. The van der Waals surface area contributed by atoms with Crippen molar-refractivity contribution in [1.82, 2.24) is 15.5 Å². The first-order chi connectivity index (χ1) is 15.0. The van der Waals surface area contributed by atoms with Crippen LogP contribution >= 0.6 is 0 Å². The summed E-state index contributed by atoms with van der Waals surface area (Å²) in [4.78, 5) is 20.3. The SMILES string of the molecule is CCNC(=NCc1ccc(F)c(CN(C)C)c1)NCc1ccc(N2CCCC2=O)cc1. The molecular formula is C24H32FN5O. The number of carbonyl (C=O) groups excluding carboxylic acids is 1. The summed E-state index contributed by atoms with van der Waals surface area (Å²) in [6, 6.07) is 13.2. The largest absolute Gasteiger partial charge is 0.357 e. The van der Waals surface area contributed by atoms with Gasteiger partial charge in [-0.2, -0.15) is 0 Å². The first-order valence-electron chi connectivity index (χ1n) is 10.8. The standard InChI is InChI=1S/C24H32FN5O/c1-4-26-24(28-16-19-9-12-22(25)20(14-19)17-29(2)3)27-15-18-7-10-21(11-8-18)30-13-5-6-23(30)31/h7-12,14H,4-6,13,15-17H2,1-3H3,(H2,26,27,28). The Balaban J connectivity index is 1.60. The molecule has 2 aromatic carbocycles. The van der Waals surface area contributed by atoms with Crippen molar-refractivity contribution >= 4 is 17.6 Å². The summed E-state index contributed by atoms with van der Waals surface area (Å²) in [6.07, 6.45) is 1.56. The zero-order chi connectivity index (χ0) is 22.2. The Kier molecular flexibility index (Phi) is 8.00. The van der Waals surface area contributed by atoms with Gasteiger partial charge in [-0.1, -0.05) is 18.2 Å². The Morgan fingerprint density at radius 2 is 1.87 bits per heavy atom. The molecule has 1 fully saturated rings. The molecule has 6 nitrogen and oxygen atoms in total. The molecule has 1 heterocycles. The lowest BCUT2D eigenvalue weighted by molar-refractivity contribution is -0.117. The van der Waals surface area contributed by atoms with Crippen molar-refractivity contribution in [3.05, 3.63) is 65.0 Å². The number of hydrogen-bond acceptors (Lipinski definition) is 3. The number of benzene rings is 2. The molecule has 166 valence electrons. The number of nitrogens with one attached hydrogen (secondary N) is 2. The molecule has 0 unspecified atom stereocenters. The molecule has 0 radical (unpaired) electrons. The number of aliphatic imine (C=N–C) groups is 1. The van der Waals surface area contributed by atoms with Gasteiger partial charge in [0.05, 0.1) is 6.54 Å². The average Bonchev–Trinajstić information content (AvgIpc) is 3.18. The maximum absolute atomic E-state index is 14.0. The molecule has 0 saturated carbocycles. The number of anilines is 1. The Bertz CT molecular complexity index is 911. The Morgan fingerprint density at radius 3 is 2.52 bits per heavy atom. The van der Waals surface area contributed by atoms with Crippen LogP contribution in [-0.2, 0) is 24.4 Å². The molecule has 2 aromatic rings. The number of carbonyl (C=O) groups is 1. The van der Waals surface area contributed by atoms with Crippen molar-refractivity contribution in [2.75, 3.05) is 32.1 Å². The number of hydrogen-bond donors (Lipinski definition) is 2. The zero-order valence-electron chi connectivity index (χ0n) is 18.6. The summed E-state index contributed by atoms with van der Waals surface area (Å²) >= 11 is 0. The van der Waals surface area contributed by atoms with Crippen LogP contribution in [0.2, 0.25) is 0 Å². The summed E-state index contributed by atoms with van der Waals surface area (Å²) < 4.78 is 14.0. The third kappa shape index (κ3) is 6.52. The summed E-state index contributed by atoms with van der Waals surface area (Å²) in [7, 11) is 3.85. The molecule has 1 saturated heterocycles. The van der Waals surface area contributed by atoms with Crippen molar-refractivity contribution in [3.63, 3.8) is 0 Å². The van der Waals surface area contributed by atoms with Crippen LogP contribution in [0.4, 0.5) is 10.1 Å². The maximum Gasteiger partial charge on any atom is 0.227 e. The van der Waals surface area contributed by atoms with Gasteiger partial charge in [-0.15, -0.1) is 0 Å². The van der Waals surface area contributed by atoms with E-state index in [1.54, 1.807) is 6.07 Å². The fraction of sp³-hybridized carbons (Fsp3) is 0.417. The van der Waals surface area contributed by atoms with E-state index >= 15 is 0 Å². The van der Waals surface area contributed by atoms with Crippen LogP contribution in [0.15, 0.2) is 47.5 Å². The smallest absolute Gasteiger partial charge is 0.227 e. The highest BCUT2D eigenvalue weighted by Crippen LogP contribution is 2.21. The van der Waals surface area contributed by atoms with Crippen molar-refractivity contribution < 1.29 is 9.18 Å². The number of rotatable bonds is 8. The fourth-order valence-electron chi connectivity index (χ4n) is 3.60. The number of nitrogens with zero attached hydrogens (tertiary/aromatic N) is 3. The van der Waals surface area contributed by atoms with Crippen LogP contribution in [0.3, 0.4) is 0 Å². The lowest BCUT2D eigenvalue weighted by Crippen LogP contribution is -2.36. The van der Waals surface area contributed by atoms with Crippen LogP contribution in [0, 0.1) is 5.82 Å². The molecule has 1 aliphatic rings. The third-order valence-corrected chi connectivity index (χ3v) is 5.14. The van der Waals surface area contributed by atoms with Crippen molar-refractivity contribution in [3.8, 4) is 0 Å². The highest BCUT2D eigenvalue weighted by molar-refractivity contribution is 5.95. The number of amides is 1. The van der Waals surface area contributed by atoms with E-state index in [1.165, 1.54) is 6.07 Å². The summed E-state index contributed by atoms with van der Waals surface area (Å²) in [5, 5.41) is 6.59. The van der Waals surface area contributed by atoms with E-state index in [0.717, 1.165) is 36.3 Å². The zero-order valence-corrected chi connectivity index (χ0v) is 18.6. The van der Waals surface area contributed by atoms with Gasteiger partial charge in [-0.05, 0) is 62.8 Å². The minimum Gasteiger partial charge on any atom is -0.357 e. The first-order valence-corrected chi connectivity index (χ1v) is 10.8. The van der Waals surface area contributed by atoms with Crippen LogP contribution < -0.4 is 15.5 Å². The lowest BCUT2D eigenvalue weighted by atomic mass is 10.1. The van der Waals surface area contributed by atoms with Gasteiger partial charge in [-0.3, -0.25) is 4.79 Å². The second kappa shape index (κ2) is 10.9. The topological polar surface area (TPSA) is 60.0 Å². The van der Waals surface area contributed by atoms with Crippen molar-refractivity contribution in [2.45, 2.75) is 39.4 Å². The second-order valence-corrected chi connectivity index (χ2v) is 8.03. The summed E-state index contributed by atoms with van der Waals surface area (Å²) in [5.74, 6) is 0.715.